The van der Waals surface area contributed by atoms with Crippen LogP contribution in [0.1, 0.15) is 111 Å². The number of ether oxygens (including phenoxy) is 7. The summed E-state index contributed by atoms with van der Waals surface area (Å²) in [4.78, 5) is 57.9. The second kappa shape index (κ2) is 35.9. The van der Waals surface area contributed by atoms with Gasteiger partial charge in [-0.15, -0.1) is 13.2 Å². The van der Waals surface area contributed by atoms with Gasteiger partial charge in [0.1, 0.15) is 17.2 Å². The van der Waals surface area contributed by atoms with Crippen LogP contribution in [0.15, 0.2) is 160 Å². The van der Waals surface area contributed by atoms with Crippen molar-refractivity contribution in [3.05, 3.63) is 188 Å². The highest BCUT2D eigenvalue weighted by atomic mass is 16.7. The second-order valence-corrected chi connectivity index (χ2v) is 16.1. The highest BCUT2D eigenvalue weighted by Crippen LogP contribution is 2.24. The normalized spacial score (nSPS) is 9.95. The minimum Gasteiger partial charge on any atom is -0.463 e. The molecule has 12 nitrogen and oxygen atoms in total. The fourth-order valence-electron chi connectivity index (χ4n) is 6.50. The summed E-state index contributed by atoms with van der Waals surface area (Å²) in [6.07, 6.45) is 12.4. The lowest BCUT2D eigenvalue weighted by atomic mass is 10.0. The Morgan fingerprint density at radius 1 is 0.425 bits per heavy atom. The molecular weight excluding hydrogens is 925 g/mol. The van der Waals surface area contributed by atoms with Crippen LogP contribution < -0.4 is 14.2 Å². The van der Waals surface area contributed by atoms with E-state index in [4.69, 9.17) is 33.2 Å². The molecule has 0 aliphatic rings. The topological polar surface area (TPSA) is 150 Å². The average molecular weight is 993 g/mol. The van der Waals surface area contributed by atoms with Gasteiger partial charge in [0.25, 0.3) is 0 Å². The van der Waals surface area contributed by atoms with Gasteiger partial charge in [-0.2, -0.15) is 0 Å². The second-order valence-electron chi connectivity index (χ2n) is 16.1. The molecule has 5 rings (SSSR count). The third-order valence-electron chi connectivity index (χ3n) is 10.5. The lowest BCUT2D eigenvalue weighted by Gasteiger charge is -2.08. The molecule has 0 aromatic heterocycles. The first-order valence-corrected chi connectivity index (χ1v) is 24.6. The molecule has 5 aromatic rings. The summed E-state index contributed by atoms with van der Waals surface area (Å²) in [5, 5.41) is 0. The zero-order valence-corrected chi connectivity index (χ0v) is 42.2. The molecule has 5 aromatic carbocycles. The van der Waals surface area contributed by atoms with Gasteiger partial charge in [-0.05, 0) is 146 Å². The molecule has 0 saturated heterocycles. The van der Waals surface area contributed by atoms with Gasteiger partial charge in [-0.25, -0.2) is 24.0 Å². The summed E-state index contributed by atoms with van der Waals surface area (Å²) in [6, 6.07) is 37.2. The number of carbonyl (C=O) groups excluding carboxylic acids is 5. The van der Waals surface area contributed by atoms with Crippen molar-refractivity contribution < 1.29 is 57.1 Å². The van der Waals surface area contributed by atoms with E-state index in [9.17, 15) is 24.0 Å². The Labute approximate surface area is 431 Å². The van der Waals surface area contributed by atoms with Gasteiger partial charge < -0.3 is 33.2 Å². The van der Waals surface area contributed by atoms with Gasteiger partial charge in [-0.3, -0.25) is 0 Å². The molecule has 0 aliphatic carbocycles. The maximum Gasteiger partial charge on any atom is 0.513 e. The molecule has 12 heteroatoms. The van der Waals surface area contributed by atoms with Gasteiger partial charge in [-0.1, -0.05) is 113 Å². The molecule has 0 bridgehead atoms. The lowest BCUT2D eigenvalue weighted by molar-refractivity contribution is -0.138. The van der Waals surface area contributed by atoms with E-state index >= 15 is 0 Å². The van der Waals surface area contributed by atoms with Crippen molar-refractivity contribution in [1.82, 2.24) is 0 Å². The van der Waals surface area contributed by atoms with E-state index in [0.29, 0.717) is 42.7 Å². The summed E-state index contributed by atoms with van der Waals surface area (Å²) >= 11 is 0. The van der Waals surface area contributed by atoms with Crippen LogP contribution in [-0.4, -0.2) is 56.6 Å². The molecule has 73 heavy (non-hydrogen) atoms. The quantitative estimate of drug-likeness (QED) is 0.00800. The Morgan fingerprint density at radius 3 is 1.18 bits per heavy atom. The minimum absolute atomic E-state index is 0.117. The molecule has 0 heterocycles. The van der Waals surface area contributed by atoms with E-state index < -0.39 is 30.2 Å². The maximum absolute atomic E-state index is 12.5. The largest absolute Gasteiger partial charge is 0.513 e. The van der Waals surface area contributed by atoms with Crippen LogP contribution in [0, 0.1) is 11.8 Å². The third kappa shape index (κ3) is 25.0. The minimum atomic E-state index is -0.869. The summed E-state index contributed by atoms with van der Waals surface area (Å²) in [5.74, 6) is 5.84. The van der Waals surface area contributed by atoms with Crippen LogP contribution in [0.2, 0.25) is 0 Å². The first kappa shape index (κ1) is 59.1. The van der Waals surface area contributed by atoms with Crippen molar-refractivity contribution >= 4 is 30.2 Å². The zero-order valence-electron chi connectivity index (χ0n) is 42.2. The maximum atomic E-state index is 12.5. The van der Waals surface area contributed by atoms with Crippen LogP contribution in [0.5, 0.6) is 17.2 Å². The number of esters is 3. The molecule has 0 radical (unpaired) electrons. The molecule has 0 amide bonds. The van der Waals surface area contributed by atoms with Crippen LogP contribution >= 0.6 is 0 Å². The third-order valence-corrected chi connectivity index (χ3v) is 10.5. The molecule has 0 atom stereocenters. The van der Waals surface area contributed by atoms with E-state index in [2.05, 4.69) is 88.4 Å². The fraction of sp³-hybridized carbons (Fsp3) is 0.295. The van der Waals surface area contributed by atoms with Crippen LogP contribution in [-0.2, 0) is 41.4 Å². The van der Waals surface area contributed by atoms with Crippen molar-refractivity contribution in [1.29, 1.82) is 0 Å². The fourth-order valence-corrected chi connectivity index (χ4v) is 6.50. The predicted octanol–water partition coefficient (Wildman–Crippen LogP) is 14.0. The Hall–Kier alpha value is -8.17. The van der Waals surface area contributed by atoms with Gasteiger partial charge >= 0.3 is 30.2 Å². The number of hydrogen-bond donors (Lipinski definition) is 0. The molecule has 384 valence electrons. The molecule has 0 spiro atoms. The molecule has 0 fully saturated rings. The van der Waals surface area contributed by atoms with Crippen molar-refractivity contribution in [2.24, 2.45) is 0 Å². The molecular formula is C61H68O12. The van der Waals surface area contributed by atoms with E-state index in [1.807, 2.05) is 24.3 Å². The SMILES string of the molecule is C=C.C=CC(=O)OCCCCOC(=O)Oc1ccc(-c2ccc(CCCCC)cc2)cc1.C=CC(=O)OCCCCOC(=O)Oc1ccc(C(=O)Oc2ccc(C#Cc3ccc(CCCCC)cc3)cc2)cc1. The lowest BCUT2D eigenvalue weighted by Crippen LogP contribution is -2.12. The Bertz CT molecular complexity index is 2500. The van der Waals surface area contributed by atoms with E-state index in [0.717, 1.165) is 47.2 Å². The molecule has 0 aliphatic heterocycles. The predicted molar refractivity (Wildman–Crippen MR) is 285 cm³/mol. The highest BCUT2D eigenvalue weighted by molar-refractivity contribution is 5.91. The van der Waals surface area contributed by atoms with E-state index in [1.54, 1.807) is 36.4 Å². The summed E-state index contributed by atoms with van der Waals surface area (Å²) in [6.45, 7) is 17.8. The smallest absolute Gasteiger partial charge is 0.463 e. The monoisotopic (exact) mass is 992 g/mol. The number of carbonyl (C=O) groups is 5. The summed E-state index contributed by atoms with van der Waals surface area (Å²) in [7, 11) is 0. The first-order valence-electron chi connectivity index (χ1n) is 24.6. The van der Waals surface area contributed by atoms with Gasteiger partial charge in [0.05, 0.1) is 32.0 Å². The molecule has 0 unspecified atom stereocenters. The number of benzene rings is 5. The van der Waals surface area contributed by atoms with Crippen LogP contribution in [0.4, 0.5) is 9.59 Å². The number of hydrogen-bond acceptors (Lipinski definition) is 12. The Kier molecular flexibility index (Phi) is 29.0. The molecule has 0 saturated carbocycles. The van der Waals surface area contributed by atoms with Crippen molar-refractivity contribution in [2.45, 2.75) is 90.9 Å². The summed E-state index contributed by atoms with van der Waals surface area (Å²) in [5.41, 5.74) is 6.92. The first-order chi connectivity index (χ1) is 35.6. The van der Waals surface area contributed by atoms with E-state index in [-0.39, 0.29) is 32.2 Å². The van der Waals surface area contributed by atoms with Crippen molar-refractivity contribution in [3.8, 4) is 40.2 Å². The zero-order chi connectivity index (χ0) is 52.9. The van der Waals surface area contributed by atoms with Gasteiger partial charge in [0, 0.05) is 23.3 Å². The number of rotatable bonds is 25. The van der Waals surface area contributed by atoms with Gasteiger partial charge in [0.2, 0.25) is 0 Å². The Morgan fingerprint density at radius 2 is 0.767 bits per heavy atom. The van der Waals surface area contributed by atoms with Crippen molar-refractivity contribution in [3.63, 3.8) is 0 Å². The standard InChI is InChI=1S/C34H34O7.C25H30O5.C2H4/c1-3-5-6-9-26-10-12-27(13-11-26)14-15-28-16-20-30(21-17-28)40-33(36)29-18-22-31(23-19-29)41-34(37)39-25-8-7-24-38-32(35)4-2;1-3-5-6-9-20-10-12-21(13-11-20)22-14-16-23(17-15-22)30-25(27)29-19-8-7-18-28-24(26)4-2;1-2/h4,10-13,16-23H,2-3,5-9,24-25H2,1H3;4,10-17H,2-3,5-9,18-19H2,1H3;1-2H2. The van der Waals surface area contributed by atoms with Gasteiger partial charge in [0.15, 0.2) is 0 Å². The van der Waals surface area contributed by atoms with Crippen LogP contribution in [0.25, 0.3) is 11.1 Å². The number of aryl methyl sites for hydroxylation is 2. The average Bonchev–Trinajstić information content (AvgIpc) is 3.42. The highest BCUT2D eigenvalue weighted by Gasteiger charge is 2.12. The van der Waals surface area contributed by atoms with Crippen molar-refractivity contribution in [2.75, 3.05) is 26.4 Å². The molecule has 0 N–H and O–H groups in total. The summed E-state index contributed by atoms with van der Waals surface area (Å²) < 4.78 is 35.4. The number of unbranched alkanes of at least 4 members (excludes halogenated alkanes) is 6. The van der Waals surface area contributed by atoms with E-state index in [1.165, 1.54) is 73.9 Å². The van der Waals surface area contributed by atoms with Crippen LogP contribution in [0.3, 0.4) is 0 Å². The Balaban J connectivity index is 0.000000390.